The topological polar surface area (TPSA) is 15.3 Å². The molecule has 0 aliphatic heterocycles. The molecule has 102 valence electrons. The van der Waals surface area contributed by atoms with Gasteiger partial charge in [0.1, 0.15) is 0 Å². The number of nitrogens with zero attached hydrogens (tertiary/aromatic N) is 1. The standard InChI is InChI=1S/C15H26N2S/c1-12(10-13-6-4-7-13)16-11-14(17(2)3)15-8-5-9-18-15/h5,8-9,12-14,16H,4,6-7,10-11H2,1-3H3. The van der Waals surface area contributed by atoms with Gasteiger partial charge in [-0.1, -0.05) is 25.3 Å². The van der Waals surface area contributed by atoms with Gasteiger partial charge in [0.05, 0.1) is 6.04 Å². The van der Waals surface area contributed by atoms with Crippen LogP contribution in [0.3, 0.4) is 0 Å². The minimum Gasteiger partial charge on any atom is -0.312 e. The summed E-state index contributed by atoms with van der Waals surface area (Å²) in [7, 11) is 4.34. The average Bonchev–Trinajstić information content (AvgIpc) is 2.77. The van der Waals surface area contributed by atoms with E-state index in [0.717, 1.165) is 12.5 Å². The van der Waals surface area contributed by atoms with Crippen LogP contribution in [0.25, 0.3) is 0 Å². The van der Waals surface area contributed by atoms with E-state index in [9.17, 15) is 0 Å². The Labute approximate surface area is 115 Å². The van der Waals surface area contributed by atoms with Crippen molar-refractivity contribution in [2.24, 2.45) is 5.92 Å². The Bertz CT molecular complexity index is 330. The van der Waals surface area contributed by atoms with Gasteiger partial charge in [-0.15, -0.1) is 11.3 Å². The van der Waals surface area contributed by atoms with Crippen LogP contribution in [-0.4, -0.2) is 31.6 Å². The first-order valence-corrected chi connectivity index (χ1v) is 7.98. The highest BCUT2D eigenvalue weighted by atomic mass is 32.1. The highest BCUT2D eigenvalue weighted by Gasteiger charge is 2.21. The Hall–Kier alpha value is -0.380. The van der Waals surface area contributed by atoms with E-state index in [2.05, 4.69) is 48.7 Å². The van der Waals surface area contributed by atoms with Crippen LogP contribution in [0.5, 0.6) is 0 Å². The molecule has 2 rings (SSSR count). The SMILES string of the molecule is CC(CC1CCC1)NCC(c1cccs1)N(C)C. The summed E-state index contributed by atoms with van der Waals surface area (Å²) < 4.78 is 0. The zero-order valence-corrected chi connectivity index (χ0v) is 12.7. The Kier molecular flexibility index (Phi) is 5.22. The molecule has 2 atom stereocenters. The van der Waals surface area contributed by atoms with Crippen molar-refractivity contribution in [2.75, 3.05) is 20.6 Å². The fourth-order valence-electron chi connectivity index (χ4n) is 2.64. The molecule has 1 aromatic heterocycles. The van der Waals surface area contributed by atoms with Gasteiger partial charge in [0, 0.05) is 17.5 Å². The minimum atomic E-state index is 0.508. The largest absolute Gasteiger partial charge is 0.312 e. The number of hydrogen-bond donors (Lipinski definition) is 1. The van der Waals surface area contributed by atoms with Gasteiger partial charge in [-0.25, -0.2) is 0 Å². The molecule has 1 aromatic rings. The molecule has 0 bridgehead atoms. The first-order chi connectivity index (χ1) is 8.66. The van der Waals surface area contributed by atoms with E-state index >= 15 is 0 Å². The quantitative estimate of drug-likeness (QED) is 0.812. The van der Waals surface area contributed by atoms with E-state index in [1.165, 1.54) is 30.6 Å². The van der Waals surface area contributed by atoms with Gasteiger partial charge in [-0.2, -0.15) is 0 Å². The third kappa shape index (κ3) is 3.81. The third-order valence-electron chi connectivity index (χ3n) is 4.07. The maximum atomic E-state index is 3.72. The van der Waals surface area contributed by atoms with Crippen molar-refractivity contribution in [2.45, 2.75) is 44.7 Å². The number of rotatable bonds is 7. The second kappa shape index (κ2) is 6.69. The van der Waals surface area contributed by atoms with Gasteiger partial charge in [-0.3, -0.25) is 0 Å². The predicted molar refractivity (Wildman–Crippen MR) is 80.2 cm³/mol. The molecule has 1 saturated carbocycles. The van der Waals surface area contributed by atoms with Crippen molar-refractivity contribution in [1.82, 2.24) is 10.2 Å². The van der Waals surface area contributed by atoms with Crippen LogP contribution in [0.4, 0.5) is 0 Å². The fourth-order valence-corrected chi connectivity index (χ4v) is 3.57. The Morgan fingerprint density at radius 2 is 2.22 bits per heavy atom. The van der Waals surface area contributed by atoms with Crippen molar-refractivity contribution in [1.29, 1.82) is 0 Å². The lowest BCUT2D eigenvalue weighted by molar-refractivity contribution is 0.245. The van der Waals surface area contributed by atoms with Crippen molar-refractivity contribution < 1.29 is 0 Å². The van der Waals surface area contributed by atoms with Crippen LogP contribution in [0, 0.1) is 5.92 Å². The zero-order chi connectivity index (χ0) is 13.0. The molecule has 1 aliphatic rings. The van der Waals surface area contributed by atoms with E-state index in [-0.39, 0.29) is 0 Å². The molecule has 2 unspecified atom stereocenters. The summed E-state index contributed by atoms with van der Waals surface area (Å²) in [6.45, 7) is 3.39. The van der Waals surface area contributed by atoms with Crippen molar-refractivity contribution >= 4 is 11.3 Å². The molecule has 1 N–H and O–H groups in total. The summed E-state index contributed by atoms with van der Waals surface area (Å²) in [5.74, 6) is 0.993. The van der Waals surface area contributed by atoms with Gasteiger partial charge in [0.2, 0.25) is 0 Å². The smallest absolute Gasteiger partial charge is 0.0561 e. The Morgan fingerprint density at radius 1 is 1.44 bits per heavy atom. The number of hydrogen-bond acceptors (Lipinski definition) is 3. The predicted octanol–water partition coefficient (Wildman–Crippen LogP) is 3.52. The van der Waals surface area contributed by atoms with Gasteiger partial charge in [0.15, 0.2) is 0 Å². The molecular weight excluding hydrogens is 240 g/mol. The van der Waals surface area contributed by atoms with Crippen LogP contribution >= 0.6 is 11.3 Å². The van der Waals surface area contributed by atoms with Crippen LogP contribution in [0.2, 0.25) is 0 Å². The first-order valence-electron chi connectivity index (χ1n) is 7.10. The van der Waals surface area contributed by atoms with Crippen LogP contribution < -0.4 is 5.32 Å². The molecule has 0 radical (unpaired) electrons. The van der Waals surface area contributed by atoms with E-state index in [1.807, 2.05) is 11.3 Å². The number of thiophene rings is 1. The van der Waals surface area contributed by atoms with E-state index in [4.69, 9.17) is 0 Å². The lowest BCUT2D eigenvalue weighted by Crippen LogP contribution is -2.37. The molecule has 1 heterocycles. The van der Waals surface area contributed by atoms with Crippen LogP contribution in [0.1, 0.15) is 43.5 Å². The summed E-state index contributed by atoms with van der Waals surface area (Å²) in [4.78, 5) is 3.78. The van der Waals surface area contributed by atoms with Crippen molar-refractivity contribution in [3.8, 4) is 0 Å². The highest BCUT2D eigenvalue weighted by Crippen LogP contribution is 2.30. The summed E-state index contributed by atoms with van der Waals surface area (Å²) >= 11 is 1.86. The van der Waals surface area contributed by atoms with E-state index < -0.39 is 0 Å². The van der Waals surface area contributed by atoms with Crippen LogP contribution in [-0.2, 0) is 0 Å². The first kappa shape index (κ1) is 14.0. The Balaban J connectivity index is 1.78. The van der Waals surface area contributed by atoms with Gasteiger partial charge in [0.25, 0.3) is 0 Å². The zero-order valence-electron chi connectivity index (χ0n) is 11.9. The number of likely N-dealkylation sites (N-methyl/N-ethyl adjacent to an activating group) is 1. The van der Waals surface area contributed by atoms with Gasteiger partial charge < -0.3 is 10.2 Å². The molecule has 0 spiro atoms. The molecule has 1 fully saturated rings. The van der Waals surface area contributed by atoms with Crippen LogP contribution in [0.15, 0.2) is 17.5 Å². The summed E-state index contributed by atoms with van der Waals surface area (Å²) in [5.41, 5.74) is 0. The second-order valence-corrected chi connectivity index (χ2v) is 6.82. The second-order valence-electron chi connectivity index (χ2n) is 5.84. The maximum Gasteiger partial charge on any atom is 0.0561 e. The highest BCUT2D eigenvalue weighted by molar-refractivity contribution is 7.10. The molecular formula is C15H26N2S. The Morgan fingerprint density at radius 3 is 2.72 bits per heavy atom. The van der Waals surface area contributed by atoms with Gasteiger partial charge >= 0.3 is 0 Å². The lowest BCUT2D eigenvalue weighted by atomic mass is 9.81. The normalized spacial score (nSPS) is 19.8. The summed E-state index contributed by atoms with van der Waals surface area (Å²) in [6.07, 6.45) is 5.71. The van der Waals surface area contributed by atoms with E-state index in [1.54, 1.807) is 0 Å². The molecule has 0 amide bonds. The molecule has 1 aliphatic carbocycles. The monoisotopic (exact) mass is 266 g/mol. The summed E-state index contributed by atoms with van der Waals surface area (Å²) in [5, 5.41) is 5.89. The molecule has 18 heavy (non-hydrogen) atoms. The molecule has 2 nitrogen and oxygen atoms in total. The van der Waals surface area contributed by atoms with Gasteiger partial charge in [-0.05, 0) is 44.8 Å². The third-order valence-corrected chi connectivity index (χ3v) is 5.04. The molecule has 0 aromatic carbocycles. The maximum absolute atomic E-state index is 3.72. The average molecular weight is 266 g/mol. The fraction of sp³-hybridized carbons (Fsp3) is 0.733. The molecule has 0 saturated heterocycles. The van der Waals surface area contributed by atoms with Crippen molar-refractivity contribution in [3.05, 3.63) is 22.4 Å². The minimum absolute atomic E-state index is 0.508. The number of nitrogens with one attached hydrogen (secondary N) is 1. The molecule has 3 heteroatoms. The lowest BCUT2D eigenvalue weighted by Gasteiger charge is -2.30. The van der Waals surface area contributed by atoms with Crippen molar-refractivity contribution in [3.63, 3.8) is 0 Å². The summed E-state index contributed by atoms with van der Waals surface area (Å²) in [6, 6.07) is 5.55. The van der Waals surface area contributed by atoms with E-state index in [0.29, 0.717) is 12.1 Å².